The molecule has 4 aromatic rings. The van der Waals surface area contributed by atoms with Crippen LogP contribution in [0.1, 0.15) is 11.3 Å². The van der Waals surface area contributed by atoms with Gasteiger partial charge in [-0.2, -0.15) is 9.50 Å². The smallest absolute Gasteiger partial charge is 0.279 e. The minimum atomic E-state index is -0.337. The summed E-state index contributed by atoms with van der Waals surface area (Å²) >= 11 is 0. The first-order valence-electron chi connectivity index (χ1n) is 11.9. The third kappa shape index (κ3) is 4.39. The predicted molar refractivity (Wildman–Crippen MR) is 137 cm³/mol. The average Bonchev–Trinajstić information content (AvgIpc) is 3.36. The molecule has 0 N–H and O–H groups in total. The van der Waals surface area contributed by atoms with Crippen LogP contribution in [0.3, 0.4) is 0 Å². The van der Waals surface area contributed by atoms with E-state index in [1.54, 1.807) is 23.1 Å². The molecule has 36 heavy (non-hydrogen) atoms. The van der Waals surface area contributed by atoms with Gasteiger partial charge < -0.3 is 14.4 Å². The van der Waals surface area contributed by atoms with Crippen LogP contribution >= 0.6 is 0 Å². The molecular formula is C27H27FN6O2. The Bertz CT molecular complexity index is 1470. The first-order valence-corrected chi connectivity index (χ1v) is 11.9. The molecule has 5 rings (SSSR count). The maximum absolute atomic E-state index is 13.4. The molecule has 2 aromatic carbocycles. The summed E-state index contributed by atoms with van der Waals surface area (Å²) in [7, 11) is 0. The number of amides is 1. The second kappa shape index (κ2) is 9.77. The first kappa shape index (κ1) is 23.5. The molecule has 1 fully saturated rings. The highest BCUT2D eigenvalue weighted by Gasteiger charge is 2.25. The molecule has 8 nitrogen and oxygen atoms in total. The first-order chi connectivity index (χ1) is 17.5. The summed E-state index contributed by atoms with van der Waals surface area (Å²) in [4.78, 5) is 35.2. The fourth-order valence-corrected chi connectivity index (χ4v) is 4.60. The van der Waals surface area contributed by atoms with Crippen LogP contribution in [0.2, 0.25) is 0 Å². The van der Waals surface area contributed by atoms with Crippen molar-refractivity contribution >= 4 is 17.4 Å². The van der Waals surface area contributed by atoms with Crippen LogP contribution in [-0.2, 0) is 17.8 Å². The second-order valence-corrected chi connectivity index (χ2v) is 8.80. The number of fused-ring (bicyclic) bond motifs is 1. The summed E-state index contributed by atoms with van der Waals surface area (Å²) in [5.41, 5.74) is 2.48. The van der Waals surface area contributed by atoms with Gasteiger partial charge in [-0.25, -0.2) is 4.39 Å². The van der Waals surface area contributed by atoms with Crippen LogP contribution in [-0.4, -0.2) is 56.2 Å². The number of benzene rings is 2. The lowest BCUT2D eigenvalue weighted by molar-refractivity contribution is -0.130. The van der Waals surface area contributed by atoms with Gasteiger partial charge in [0.2, 0.25) is 11.7 Å². The van der Waals surface area contributed by atoms with Crippen molar-refractivity contribution in [3.05, 3.63) is 94.7 Å². The van der Waals surface area contributed by atoms with E-state index in [-0.39, 0.29) is 23.7 Å². The molecule has 0 spiro atoms. The van der Waals surface area contributed by atoms with Crippen molar-refractivity contribution in [1.82, 2.24) is 24.1 Å². The summed E-state index contributed by atoms with van der Waals surface area (Å²) < 4.78 is 16.4. The zero-order valence-electron chi connectivity index (χ0n) is 20.1. The van der Waals surface area contributed by atoms with Crippen molar-refractivity contribution < 1.29 is 9.18 Å². The standard InChI is InChI=1S/C27H27FN6O2/c1-3-13-33-19(2)23(26(36)34-27(33)29-25(30-34)20-7-5-4-6-8-20)18-24(35)32-16-14-31(15-17-32)22-11-9-21(28)10-12-22/h3-12H,1,13-18H2,2H3. The number of aromatic nitrogens is 4. The van der Waals surface area contributed by atoms with Crippen LogP contribution in [0.15, 0.2) is 72.0 Å². The summed E-state index contributed by atoms with van der Waals surface area (Å²) in [6.45, 7) is 8.43. The van der Waals surface area contributed by atoms with E-state index in [0.717, 1.165) is 11.3 Å². The SMILES string of the molecule is C=CCn1c(C)c(CC(=O)N2CCN(c3ccc(F)cc3)CC2)c(=O)n2nc(-c3ccccc3)nc12. The van der Waals surface area contributed by atoms with Crippen molar-refractivity contribution in [2.75, 3.05) is 31.1 Å². The normalized spacial score (nSPS) is 13.8. The molecule has 1 aliphatic heterocycles. The Morgan fingerprint density at radius 1 is 1.06 bits per heavy atom. The van der Waals surface area contributed by atoms with Crippen molar-refractivity contribution in [3.8, 4) is 11.4 Å². The average molecular weight is 487 g/mol. The van der Waals surface area contributed by atoms with Gasteiger partial charge in [0.25, 0.3) is 5.56 Å². The van der Waals surface area contributed by atoms with Crippen LogP contribution in [0, 0.1) is 12.7 Å². The van der Waals surface area contributed by atoms with Gasteiger partial charge in [0, 0.05) is 55.2 Å². The second-order valence-electron chi connectivity index (χ2n) is 8.80. The Balaban J connectivity index is 1.40. The number of rotatable bonds is 6. The van der Waals surface area contributed by atoms with E-state index in [2.05, 4.69) is 21.6 Å². The molecule has 184 valence electrons. The van der Waals surface area contributed by atoms with Crippen LogP contribution < -0.4 is 10.5 Å². The van der Waals surface area contributed by atoms with E-state index in [1.165, 1.54) is 16.6 Å². The quantitative estimate of drug-likeness (QED) is 0.392. The van der Waals surface area contributed by atoms with E-state index in [9.17, 15) is 14.0 Å². The third-order valence-corrected chi connectivity index (χ3v) is 6.62. The van der Waals surface area contributed by atoms with E-state index in [0.29, 0.717) is 55.6 Å². The monoisotopic (exact) mass is 486 g/mol. The summed E-state index contributed by atoms with van der Waals surface area (Å²) in [6.07, 6.45) is 1.71. The van der Waals surface area contributed by atoms with E-state index < -0.39 is 0 Å². The molecule has 1 amide bonds. The molecule has 0 bridgehead atoms. The number of carbonyl (C=O) groups is 1. The molecule has 3 heterocycles. The van der Waals surface area contributed by atoms with Gasteiger partial charge in [0.15, 0.2) is 5.82 Å². The zero-order valence-corrected chi connectivity index (χ0v) is 20.1. The number of hydrogen-bond acceptors (Lipinski definition) is 5. The molecule has 1 aliphatic rings. The minimum absolute atomic E-state index is 0.0190. The van der Waals surface area contributed by atoms with Gasteiger partial charge in [0.05, 0.1) is 6.42 Å². The van der Waals surface area contributed by atoms with Crippen LogP contribution in [0.25, 0.3) is 17.2 Å². The number of anilines is 1. The lowest BCUT2D eigenvalue weighted by Crippen LogP contribution is -2.49. The number of nitrogens with zero attached hydrogens (tertiary/aromatic N) is 6. The fourth-order valence-electron chi connectivity index (χ4n) is 4.60. The maximum Gasteiger partial charge on any atom is 0.279 e. The van der Waals surface area contributed by atoms with Crippen molar-refractivity contribution in [2.24, 2.45) is 0 Å². The molecule has 1 saturated heterocycles. The van der Waals surface area contributed by atoms with Gasteiger partial charge in [0.1, 0.15) is 5.82 Å². The van der Waals surface area contributed by atoms with Gasteiger partial charge >= 0.3 is 0 Å². The molecule has 0 atom stereocenters. The van der Waals surface area contributed by atoms with Gasteiger partial charge in [-0.15, -0.1) is 11.7 Å². The van der Waals surface area contributed by atoms with Crippen molar-refractivity contribution in [1.29, 1.82) is 0 Å². The number of allylic oxidation sites excluding steroid dienone is 1. The summed E-state index contributed by atoms with van der Waals surface area (Å²) in [6, 6.07) is 15.8. The Labute approximate surface area is 207 Å². The van der Waals surface area contributed by atoms with Gasteiger partial charge in [-0.05, 0) is 31.2 Å². The summed E-state index contributed by atoms with van der Waals surface area (Å²) in [5, 5.41) is 4.48. The highest BCUT2D eigenvalue weighted by atomic mass is 19.1. The third-order valence-electron chi connectivity index (χ3n) is 6.62. The van der Waals surface area contributed by atoms with E-state index in [1.807, 2.05) is 41.8 Å². The summed E-state index contributed by atoms with van der Waals surface area (Å²) in [5.74, 6) is 0.484. The molecule has 0 radical (unpaired) electrons. The molecule has 2 aromatic heterocycles. The van der Waals surface area contributed by atoms with Gasteiger partial charge in [-0.1, -0.05) is 36.4 Å². The largest absolute Gasteiger partial charge is 0.368 e. The van der Waals surface area contributed by atoms with Crippen molar-refractivity contribution in [2.45, 2.75) is 19.9 Å². The Hall–Kier alpha value is -4.27. The number of carbonyl (C=O) groups excluding carboxylic acids is 1. The fraction of sp³-hybridized carbons (Fsp3) is 0.259. The molecule has 9 heteroatoms. The molecule has 0 aliphatic carbocycles. The number of hydrogen-bond donors (Lipinski definition) is 0. The molecule has 0 unspecified atom stereocenters. The van der Waals surface area contributed by atoms with Gasteiger partial charge in [-0.3, -0.25) is 9.59 Å². The Morgan fingerprint density at radius 3 is 2.42 bits per heavy atom. The maximum atomic E-state index is 13.4. The highest BCUT2D eigenvalue weighted by molar-refractivity contribution is 5.79. The topological polar surface area (TPSA) is 75.7 Å². The number of piperazine rings is 1. The molecular weight excluding hydrogens is 459 g/mol. The predicted octanol–water partition coefficient (Wildman–Crippen LogP) is 3.08. The molecule has 0 saturated carbocycles. The minimum Gasteiger partial charge on any atom is -0.368 e. The lowest BCUT2D eigenvalue weighted by atomic mass is 10.1. The highest BCUT2D eigenvalue weighted by Crippen LogP contribution is 2.19. The Kier molecular flexibility index (Phi) is 6.37. The van der Waals surface area contributed by atoms with E-state index in [4.69, 9.17) is 0 Å². The van der Waals surface area contributed by atoms with Crippen LogP contribution in [0.5, 0.6) is 0 Å². The van der Waals surface area contributed by atoms with E-state index >= 15 is 0 Å². The Morgan fingerprint density at radius 2 is 1.75 bits per heavy atom. The van der Waals surface area contributed by atoms with Crippen LogP contribution in [0.4, 0.5) is 10.1 Å². The van der Waals surface area contributed by atoms with Crippen molar-refractivity contribution in [3.63, 3.8) is 0 Å². The number of halogens is 1. The lowest BCUT2D eigenvalue weighted by Gasteiger charge is -2.36. The zero-order chi connectivity index (χ0) is 25.2.